The molecule has 8 heteroatoms. The van der Waals surface area contributed by atoms with Gasteiger partial charge in [0.25, 0.3) is 0 Å². The summed E-state index contributed by atoms with van der Waals surface area (Å²) in [4.78, 5) is 12.2. The molecule has 0 spiro atoms. The zero-order valence-corrected chi connectivity index (χ0v) is 15.2. The van der Waals surface area contributed by atoms with Crippen LogP contribution in [0, 0.1) is 5.92 Å². The largest absolute Gasteiger partial charge is 0.387 e. The zero-order valence-electron chi connectivity index (χ0n) is 13.5. The van der Waals surface area contributed by atoms with E-state index in [0.29, 0.717) is 25.9 Å². The van der Waals surface area contributed by atoms with E-state index in [1.54, 1.807) is 0 Å². The van der Waals surface area contributed by atoms with Crippen molar-refractivity contribution in [2.45, 2.75) is 23.8 Å². The number of nitrogens with zero attached hydrogens (tertiary/aromatic N) is 1. The first-order chi connectivity index (χ1) is 11.9. The van der Waals surface area contributed by atoms with E-state index in [1.165, 1.54) is 39.9 Å². The molecule has 1 aliphatic rings. The van der Waals surface area contributed by atoms with E-state index in [0.717, 1.165) is 4.88 Å². The van der Waals surface area contributed by atoms with Crippen molar-refractivity contribution in [3.63, 3.8) is 0 Å². The second-order valence-electron chi connectivity index (χ2n) is 6.09. The molecule has 2 heterocycles. The molecule has 1 aromatic carbocycles. The van der Waals surface area contributed by atoms with Crippen LogP contribution in [0.4, 0.5) is 0 Å². The summed E-state index contributed by atoms with van der Waals surface area (Å²) >= 11 is 1.51. The van der Waals surface area contributed by atoms with Crippen molar-refractivity contribution in [3.8, 4) is 0 Å². The summed E-state index contributed by atoms with van der Waals surface area (Å²) in [6, 6.07) is 9.45. The van der Waals surface area contributed by atoms with Crippen LogP contribution in [0.2, 0.25) is 0 Å². The highest BCUT2D eigenvalue weighted by molar-refractivity contribution is 7.89. The fourth-order valence-corrected chi connectivity index (χ4v) is 5.34. The highest BCUT2D eigenvalue weighted by Gasteiger charge is 2.32. The third-order valence-electron chi connectivity index (χ3n) is 4.56. The molecule has 1 aliphatic heterocycles. The van der Waals surface area contributed by atoms with E-state index >= 15 is 0 Å². The Labute approximate surface area is 150 Å². The van der Waals surface area contributed by atoms with E-state index in [9.17, 15) is 18.3 Å². The minimum absolute atomic E-state index is 0.0577. The molecule has 1 saturated heterocycles. The van der Waals surface area contributed by atoms with E-state index in [4.69, 9.17) is 5.73 Å². The number of piperidine rings is 1. The Morgan fingerprint density at radius 2 is 1.84 bits per heavy atom. The number of rotatable bonds is 5. The molecule has 0 aliphatic carbocycles. The Hall–Kier alpha value is -1.74. The third-order valence-corrected chi connectivity index (χ3v) is 7.41. The maximum Gasteiger partial charge on any atom is 0.248 e. The quantitative estimate of drug-likeness (QED) is 0.828. The van der Waals surface area contributed by atoms with Gasteiger partial charge in [-0.25, -0.2) is 8.42 Å². The van der Waals surface area contributed by atoms with Gasteiger partial charge in [0, 0.05) is 23.5 Å². The first kappa shape index (κ1) is 18.1. The van der Waals surface area contributed by atoms with Gasteiger partial charge in [0.15, 0.2) is 0 Å². The summed E-state index contributed by atoms with van der Waals surface area (Å²) in [5, 5.41) is 12.3. The van der Waals surface area contributed by atoms with Gasteiger partial charge in [0.1, 0.15) is 0 Å². The lowest BCUT2D eigenvalue weighted by Gasteiger charge is -2.33. The number of hydrogen-bond acceptors (Lipinski definition) is 5. The van der Waals surface area contributed by atoms with Crippen molar-refractivity contribution in [2.75, 3.05) is 13.1 Å². The summed E-state index contributed by atoms with van der Waals surface area (Å²) < 4.78 is 26.9. The topological polar surface area (TPSA) is 101 Å². The number of aliphatic hydroxyl groups excluding tert-OH is 1. The molecule has 1 amide bonds. The van der Waals surface area contributed by atoms with Crippen LogP contribution in [0.15, 0.2) is 46.7 Å². The van der Waals surface area contributed by atoms with Crippen LogP contribution >= 0.6 is 11.3 Å². The lowest BCUT2D eigenvalue weighted by atomic mass is 9.91. The van der Waals surface area contributed by atoms with Crippen molar-refractivity contribution in [1.82, 2.24) is 4.31 Å². The number of carbonyl (C=O) groups excluding carboxylic acids is 1. The number of thiophene rings is 1. The lowest BCUT2D eigenvalue weighted by molar-refractivity contribution is 0.0789. The standard InChI is InChI=1S/C17H20N2O4S2/c18-17(21)13-3-5-14(6-4-13)25(22,23)19-9-7-12(8-10-19)16(20)15-2-1-11-24-15/h1-6,11-12,16,20H,7-10H2,(H2,18,21). The smallest absolute Gasteiger partial charge is 0.248 e. The highest BCUT2D eigenvalue weighted by atomic mass is 32.2. The Morgan fingerprint density at radius 3 is 2.36 bits per heavy atom. The molecule has 1 unspecified atom stereocenters. The maximum atomic E-state index is 12.7. The molecule has 0 radical (unpaired) electrons. The van der Waals surface area contributed by atoms with Crippen LogP contribution in [0.3, 0.4) is 0 Å². The van der Waals surface area contributed by atoms with Gasteiger partial charge in [0.2, 0.25) is 15.9 Å². The van der Waals surface area contributed by atoms with E-state index in [2.05, 4.69) is 0 Å². The molecule has 6 nitrogen and oxygen atoms in total. The van der Waals surface area contributed by atoms with Crippen LogP contribution < -0.4 is 5.73 Å². The van der Waals surface area contributed by atoms with E-state index < -0.39 is 22.0 Å². The van der Waals surface area contributed by atoms with Crippen molar-refractivity contribution in [3.05, 3.63) is 52.2 Å². The van der Waals surface area contributed by atoms with Crippen LogP contribution in [0.1, 0.15) is 34.2 Å². The van der Waals surface area contributed by atoms with E-state index in [-0.39, 0.29) is 16.4 Å². The molecule has 3 rings (SSSR count). The van der Waals surface area contributed by atoms with Gasteiger partial charge in [-0.3, -0.25) is 4.79 Å². The molecule has 1 atom stereocenters. The van der Waals surface area contributed by atoms with Crippen molar-refractivity contribution in [1.29, 1.82) is 0 Å². The first-order valence-electron chi connectivity index (χ1n) is 8.01. The molecule has 134 valence electrons. The molecule has 1 aromatic heterocycles. The van der Waals surface area contributed by atoms with Gasteiger partial charge in [-0.15, -0.1) is 11.3 Å². The second kappa shape index (κ2) is 7.25. The van der Waals surface area contributed by atoms with Gasteiger partial charge in [0.05, 0.1) is 11.0 Å². The summed E-state index contributed by atoms with van der Waals surface area (Å²) in [6.45, 7) is 0.736. The van der Waals surface area contributed by atoms with Crippen molar-refractivity contribution < 1.29 is 18.3 Å². The monoisotopic (exact) mass is 380 g/mol. The zero-order chi connectivity index (χ0) is 18.0. The summed E-state index contributed by atoms with van der Waals surface area (Å²) in [7, 11) is -3.61. The molecular weight excluding hydrogens is 360 g/mol. The Kier molecular flexibility index (Phi) is 5.24. The Bertz CT molecular complexity index is 824. The number of primary amides is 1. The third kappa shape index (κ3) is 3.77. The SMILES string of the molecule is NC(=O)c1ccc(S(=O)(=O)N2CCC(C(O)c3cccs3)CC2)cc1. The number of nitrogens with two attached hydrogens (primary N) is 1. The summed E-state index contributed by atoms with van der Waals surface area (Å²) in [5.41, 5.74) is 5.45. The first-order valence-corrected chi connectivity index (χ1v) is 10.3. The van der Waals surface area contributed by atoms with Crippen molar-refractivity contribution in [2.24, 2.45) is 11.7 Å². The minimum atomic E-state index is -3.61. The van der Waals surface area contributed by atoms with Gasteiger partial charge >= 0.3 is 0 Å². The summed E-state index contributed by atoms with van der Waals surface area (Å²) in [6.07, 6.45) is 0.676. The van der Waals surface area contributed by atoms with Gasteiger partial charge in [-0.05, 0) is 54.5 Å². The van der Waals surface area contributed by atoms with Crippen LogP contribution in [-0.4, -0.2) is 36.8 Å². The molecule has 3 N–H and O–H groups in total. The lowest BCUT2D eigenvalue weighted by Crippen LogP contribution is -2.39. The molecule has 25 heavy (non-hydrogen) atoms. The number of benzene rings is 1. The number of aliphatic hydroxyl groups is 1. The molecule has 0 saturated carbocycles. The maximum absolute atomic E-state index is 12.7. The molecule has 1 fully saturated rings. The van der Waals surface area contributed by atoms with Gasteiger partial charge in [-0.2, -0.15) is 4.31 Å². The number of hydrogen-bond donors (Lipinski definition) is 2. The number of amides is 1. The van der Waals surface area contributed by atoms with Crippen LogP contribution in [0.25, 0.3) is 0 Å². The fourth-order valence-electron chi connectivity index (χ4n) is 3.06. The minimum Gasteiger partial charge on any atom is -0.387 e. The second-order valence-corrected chi connectivity index (χ2v) is 9.01. The van der Waals surface area contributed by atoms with Gasteiger partial charge in [-0.1, -0.05) is 6.07 Å². The highest BCUT2D eigenvalue weighted by Crippen LogP contribution is 2.34. The van der Waals surface area contributed by atoms with Crippen LogP contribution in [-0.2, 0) is 10.0 Å². The van der Waals surface area contributed by atoms with Crippen LogP contribution in [0.5, 0.6) is 0 Å². The number of carbonyl (C=O) groups is 1. The normalized spacial score (nSPS) is 18.1. The van der Waals surface area contributed by atoms with Crippen molar-refractivity contribution >= 4 is 27.3 Å². The Balaban J connectivity index is 1.68. The molecule has 0 bridgehead atoms. The predicted molar refractivity (Wildman–Crippen MR) is 95.7 cm³/mol. The van der Waals surface area contributed by atoms with E-state index in [1.807, 2.05) is 17.5 Å². The Morgan fingerprint density at radius 1 is 1.20 bits per heavy atom. The van der Waals surface area contributed by atoms with Gasteiger partial charge < -0.3 is 10.8 Å². The number of sulfonamides is 1. The molecular formula is C17H20N2O4S2. The summed E-state index contributed by atoms with van der Waals surface area (Å²) in [5.74, 6) is -0.533. The fraction of sp³-hybridized carbons (Fsp3) is 0.353. The average molecular weight is 380 g/mol. The molecule has 2 aromatic rings. The predicted octanol–water partition coefficient (Wildman–Crippen LogP) is 1.98. The average Bonchev–Trinajstić information content (AvgIpc) is 3.16.